The van der Waals surface area contributed by atoms with Gasteiger partial charge in [0.05, 0.1) is 5.76 Å². The van der Waals surface area contributed by atoms with Crippen molar-refractivity contribution in [3.8, 4) is 0 Å². The molecule has 0 spiro atoms. The average Bonchev–Trinajstić information content (AvgIpc) is 2.70. The molecule has 0 amide bonds. The number of allylic oxidation sites excluding steroid dienone is 1. The molecule has 0 aromatic carbocycles. The Hall–Kier alpha value is -0.500. The first-order valence-corrected chi connectivity index (χ1v) is 6.11. The van der Waals surface area contributed by atoms with E-state index >= 15 is 0 Å². The Kier molecular flexibility index (Phi) is 4.65. The van der Waals surface area contributed by atoms with Gasteiger partial charge in [0.2, 0.25) is 0 Å². The van der Waals surface area contributed by atoms with Gasteiger partial charge in [0, 0.05) is 12.0 Å². The molecule has 1 fully saturated rings. The minimum Gasteiger partial charge on any atom is -0.497 e. The predicted octanol–water partition coefficient (Wildman–Crippen LogP) is 3.05. The summed E-state index contributed by atoms with van der Waals surface area (Å²) in [6, 6.07) is 0. The SMILES string of the molecule is C=C(OCCN1CCCC1)C(C)(C)CC. The largest absolute Gasteiger partial charge is 0.497 e. The van der Waals surface area contributed by atoms with Crippen LogP contribution in [0.4, 0.5) is 0 Å². The molecule has 0 saturated carbocycles. The van der Waals surface area contributed by atoms with Crippen molar-refractivity contribution < 1.29 is 4.74 Å². The molecule has 0 N–H and O–H groups in total. The zero-order chi connectivity index (χ0) is 11.3. The maximum absolute atomic E-state index is 5.72. The zero-order valence-electron chi connectivity index (χ0n) is 10.5. The standard InChI is InChI=1S/C13H25NO/c1-5-13(3,4)12(2)15-11-10-14-8-6-7-9-14/h2,5-11H2,1,3-4H3. The number of rotatable bonds is 6. The highest BCUT2D eigenvalue weighted by atomic mass is 16.5. The first-order chi connectivity index (χ1) is 7.06. The van der Waals surface area contributed by atoms with Gasteiger partial charge in [0.25, 0.3) is 0 Å². The van der Waals surface area contributed by atoms with Gasteiger partial charge in [0.15, 0.2) is 0 Å². The van der Waals surface area contributed by atoms with Crippen LogP contribution in [-0.2, 0) is 4.74 Å². The minimum absolute atomic E-state index is 0.116. The van der Waals surface area contributed by atoms with Gasteiger partial charge >= 0.3 is 0 Å². The van der Waals surface area contributed by atoms with Crippen LogP contribution in [-0.4, -0.2) is 31.1 Å². The van der Waals surface area contributed by atoms with E-state index in [9.17, 15) is 0 Å². The van der Waals surface area contributed by atoms with Crippen LogP contribution in [0.25, 0.3) is 0 Å². The van der Waals surface area contributed by atoms with E-state index < -0.39 is 0 Å². The van der Waals surface area contributed by atoms with Gasteiger partial charge in [0.1, 0.15) is 6.61 Å². The molecule has 0 aliphatic carbocycles. The summed E-state index contributed by atoms with van der Waals surface area (Å²) in [6.07, 6.45) is 3.78. The van der Waals surface area contributed by atoms with Crippen LogP contribution in [0.1, 0.15) is 40.0 Å². The lowest BCUT2D eigenvalue weighted by Gasteiger charge is -2.26. The quantitative estimate of drug-likeness (QED) is 0.626. The van der Waals surface area contributed by atoms with E-state index in [1.165, 1.54) is 25.9 Å². The van der Waals surface area contributed by atoms with Gasteiger partial charge in [-0.05, 0) is 32.4 Å². The molecular weight excluding hydrogens is 186 g/mol. The molecule has 2 nitrogen and oxygen atoms in total. The van der Waals surface area contributed by atoms with Gasteiger partial charge in [-0.15, -0.1) is 0 Å². The normalized spacial score (nSPS) is 18.1. The fraction of sp³-hybridized carbons (Fsp3) is 0.846. The Morgan fingerprint density at radius 3 is 2.47 bits per heavy atom. The molecule has 0 aromatic rings. The fourth-order valence-electron chi connectivity index (χ4n) is 1.70. The zero-order valence-corrected chi connectivity index (χ0v) is 10.5. The molecule has 1 aliphatic rings. The molecular formula is C13H25NO. The van der Waals surface area contributed by atoms with Gasteiger partial charge in [-0.25, -0.2) is 0 Å². The third-order valence-electron chi connectivity index (χ3n) is 3.52. The first kappa shape index (κ1) is 12.6. The highest BCUT2D eigenvalue weighted by molar-refractivity contribution is 4.97. The smallest absolute Gasteiger partial charge is 0.100 e. The molecule has 1 heterocycles. The highest BCUT2D eigenvalue weighted by Gasteiger charge is 2.21. The Balaban J connectivity index is 2.16. The summed E-state index contributed by atoms with van der Waals surface area (Å²) in [6.45, 7) is 14.9. The minimum atomic E-state index is 0.116. The lowest BCUT2D eigenvalue weighted by Crippen LogP contribution is -2.25. The summed E-state index contributed by atoms with van der Waals surface area (Å²) < 4.78 is 5.72. The van der Waals surface area contributed by atoms with Crippen LogP contribution < -0.4 is 0 Å². The molecule has 1 rings (SSSR count). The van der Waals surface area contributed by atoms with Crippen molar-refractivity contribution in [2.75, 3.05) is 26.2 Å². The molecule has 0 radical (unpaired) electrons. The van der Waals surface area contributed by atoms with Crippen LogP contribution in [0.5, 0.6) is 0 Å². The summed E-state index contributed by atoms with van der Waals surface area (Å²) in [5.41, 5.74) is 0.116. The van der Waals surface area contributed by atoms with Gasteiger partial charge in [-0.3, -0.25) is 4.90 Å². The van der Waals surface area contributed by atoms with E-state index in [2.05, 4.69) is 32.3 Å². The number of ether oxygens (including phenoxy) is 1. The maximum atomic E-state index is 5.72. The summed E-state index contributed by atoms with van der Waals surface area (Å²) in [7, 11) is 0. The van der Waals surface area contributed by atoms with Crippen LogP contribution in [0.2, 0.25) is 0 Å². The van der Waals surface area contributed by atoms with Crippen molar-refractivity contribution in [2.24, 2.45) is 5.41 Å². The Bertz CT molecular complexity index is 205. The van der Waals surface area contributed by atoms with Crippen molar-refractivity contribution in [1.82, 2.24) is 4.90 Å². The molecule has 1 aliphatic heterocycles. The number of nitrogens with zero attached hydrogens (tertiary/aromatic N) is 1. The van der Waals surface area contributed by atoms with Gasteiger partial charge < -0.3 is 4.74 Å². The van der Waals surface area contributed by atoms with E-state index in [1.807, 2.05) is 0 Å². The van der Waals surface area contributed by atoms with Gasteiger partial charge in [-0.2, -0.15) is 0 Å². The summed E-state index contributed by atoms with van der Waals surface area (Å²) >= 11 is 0. The summed E-state index contributed by atoms with van der Waals surface area (Å²) in [5, 5.41) is 0. The van der Waals surface area contributed by atoms with Crippen LogP contribution in [0, 0.1) is 5.41 Å². The van der Waals surface area contributed by atoms with E-state index in [4.69, 9.17) is 4.74 Å². The van der Waals surface area contributed by atoms with Crippen LogP contribution in [0.3, 0.4) is 0 Å². The van der Waals surface area contributed by atoms with Crippen molar-refractivity contribution in [3.05, 3.63) is 12.3 Å². The first-order valence-electron chi connectivity index (χ1n) is 6.11. The molecule has 0 bridgehead atoms. The summed E-state index contributed by atoms with van der Waals surface area (Å²) in [5.74, 6) is 0.934. The average molecular weight is 211 g/mol. The van der Waals surface area contributed by atoms with Crippen molar-refractivity contribution in [2.45, 2.75) is 40.0 Å². The Labute approximate surface area is 94.3 Å². The molecule has 0 atom stereocenters. The van der Waals surface area contributed by atoms with Crippen molar-refractivity contribution in [1.29, 1.82) is 0 Å². The second-order valence-corrected chi connectivity index (χ2v) is 5.06. The molecule has 88 valence electrons. The molecule has 2 heteroatoms. The third-order valence-corrected chi connectivity index (χ3v) is 3.52. The van der Waals surface area contributed by atoms with E-state index in [0.717, 1.165) is 25.3 Å². The molecule has 15 heavy (non-hydrogen) atoms. The van der Waals surface area contributed by atoms with Crippen LogP contribution in [0.15, 0.2) is 12.3 Å². The van der Waals surface area contributed by atoms with E-state index in [-0.39, 0.29) is 5.41 Å². The molecule has 0 unspecified atom stereocenters. The van der Waals surface area contributed by atoms with E-state index in [1.54, 1.807) is 0 Å². The monoisotopic (exact) mass is 211 g/mol. The van der Waals surface area contributed by atoms with Crippen molar-refractivity contribution in [3.63, 3.8) is 0 Å². The Morgan fingerprint density at radius 2 is 1.93 bits per heavy atom. The summed E-state index contributed by atoms with van der Waals surface area (Å²) in [4.78, 5) is 2.46. The maximum Gasteiger partial charge on any atom is 0.100 e. The number of hydrogen-bond acceptors (Lipinski definition) is 2. The van der Waals surface area contributed by atoms with E-state index in [0.29, 0.717) is 0 Å². The number of hydrogen-bond donors (Lipinski definition) is 0. The van der Waals surface area contributed by atoms with Gasteiger partial charge in [-0.1, -0.05) is 27.4 Å². The Morgan fingerprint density at radius 1 is 1.33 bits per heavy atom. The van der Waals surface area contributed by atoms with Crippen molar-refractivity contribution >= 4 is 0 Å². The lowest BCUT2D eigenvalue weighted by molar-refractivity contribution is 0.121. The molecule has 0 aromatic heterocycles. The van der Waals surface area contributed by atoms with Crippen LogP contribution >= 0.6 is 0 Å². The topological polar surface area (TPSA) is 12.5 Å². The second-order valence-electron chi connectivity index (χ2n) is 5.06. The highest BCUT2D eigenvalue weighted by Crippen LogP contribution is 2.29. The third kappa shape index (κ3) is 3.86. The molecule has 1 saturated heterocycles. The second kappa shape index (κ2) is 5.55. The lowest BCUT2D eigenvalue weighted by atomic mass is 9.88. The fourth-order valence-corrected chi connectivity index (χ4v) is 1.70. The number of likely N-dealkylation sites (tertiary alicyclic amines) is 1. The predicted molar refractivity (Wildman–Crippen MR) is 64.8 cm³/mol.